The maximum Gasteiger partial charge on any atom is 0.242 e. The minimum atomic E-state index is -3.77. The lowest BCUT2D eigenvalue weighted by Crippen LogP contribution is -2.33. The van der Waals surface area contributed by atoms with Crippen molar-refractivity contribution in [3.05, 3.63) is 24.0 Å². The van der Waals surface area contributed by atoms with Gasteiger partial charge in [0.05, 0.1) is 5.69 Å². The SMILES string of the molecule is CSCCC(C)NS(=O)(=O)c1cc(F)ccc1N. The molecule has 102 valence electrons. The molecule has 1 aromatic rings. The summed E-state index contributed by atoms with van der Waals surface area (Å²) in [6, 6.07) is 3.09. The van der Waals surface area contributed by atoms with E-state index in [1.165, 1.54) is 6.07 Å². The second-order valence-electron chi connectivity index (χ2n) is 3.99. The van der Waals surface area contributed by atoms with E-state index in [1.807, 2.05) is 6.26 Å². The Morgan fingerprint density at radius 3 is 2.78 bits per heavy atom. The van der Waals surface area contributed by atoms with E-state index < -0.39 is 15.8 Å². The van der Waals surface area contributed by atoms with E-state index in [1.54, 1.807) is 18.7 Å². The Morgan fingerprint density at radius 1 is 1.50 bits per heavy atom. The molecule has 7 heteroatoms. The van der Waals surface area contributed by atoms with Crippen LogP contribution in [0.3, 0.4) is 0 Å². The van der Waals surface area contributed by atoms with Crippen LogP contribution in [0.2, 0.25) is 0 Å². The van der Waals surface area contributed by atoms with Gasteiger partial charge in [0.15, 0.2) is 0 Å². The van der Waals surface area contributed by atoms with E-state index in [4.69, 9.17) is 5.73 Å². The maximum absolute atomic E-state index is 13.1. The van der Waals surface area contributed by atoms with Crippen molar-refractivity contribution in [2.75, 3.05) is 17.7 Å². The number of sulfonamides is 1. The number of hydrogen-bond donors (Lipinski definition) is 2. The van der Waals surface area contributed by atoms with Gasteiger partial charge in [0.1, 0.15) is 10.7 Å². The van der Waals surface area contributed by atoms with Gasteiger partial charge in [0.25, 0.3) is 0 Å². The third-order valence-electron chi connectivity index (χ3n) is 2.38. The molecule has 0 aliphatic carbocycles. The van der Waals surface area contributed by atoms with Crippen molar-refractivity contribution in [2.45, 2.75) is 24.3 Å². The molecular formula is C11H17FN2O2S2. The zero-order valence-electron chi connectivity index (χ0n) is 10.3. The van der Waals surface area contributed by atoms with Crippen LogP contribution in [0.5, 0.6) is 0 Å². The van der Waals surface area contributed by atoms with Crippen LogP contribution in [0.4, 0.5) is 10.1 Å². The van der Waals surface area contributed by atoms with Crippen molar-refractivity contribution in [1.82, 2.24) is 4.72 Å². The van der Waals surface area contributed by atoms with E-state index in [0.717, 1.165) is 17.9 Å². The number of nitrogens with one attached hydrogen (secondary N) is 1. The fraction of sp³-hybridized carbons (Fsp3) is 0.455. The van der Waals surface area contributed by atoms with Gasteiger partial charge in [-0.1, -0.05) is 0 Å². The van der Waals surface area contributed by atoms with Gasteiger partial charge in [0.2, 0.25) is 10.0 Å². The molecule has 0 bridgehead atoms. The first-order chi connectivity index (χ1) is 8.36. The van der Waals surface area contributed by atoms with Crippen molar-refractivity contribution < 1.29 is 12.8 Å². The van der Waals surface area contributed by atoms with E-state index in [2.05, 4.69) is 4.72 Å². The second-order valence-corrected chi connectivity index (χ2v) is 6.65. The molecule has 0 spiro atoms. The first-order valence-corrected chi connectivity index (χ1v) is 8.31. The summed E-state index contributed by atoms with van der Waals surface area (Å²) >= 11 is 1.64. The summed E-state index contributed by atoms with van der Waals surface area (Å²) < 4.78 is 39.6. The number of nitrogen functional groups attached to an aromatic ring is 1. The molecule has 0 aromatic heterocycles. The Labute approximate surface area is 111 Å². The van der Waals surface area contributed by atoms with E-state index >= 15 is 0 Å². The van der Waals surface area contributed by atoms with Crippen LogP contribution in [0.1, 0.15) is 13.3 Å². The van der Waals surface area contributed by atoms with Crippen molar-refractivity contribution in [3.63, 3.8) is 0 Å². The molecule has 0 heterocycles. The highest BCUT2D eigenvalue weighted by atomic mass is 32.2. The molecule has 0 aliphatic rings. The zero-order chi connectivity index (χ0) is 13.8. The van der Waals surface area contributed by atoms with E-state index in [9.17, 15) is 12.8 Å². The lowest BCUT2D eigenvalue weighted by atomic mass is 10.3. The minimum Gasteiger partial charge on any atom is -0.398 e. The molecular weight excluding hydrogens is 275 g/mol. The molecule has 0 fully saturated rings. The lowest BCUT2D eigenvalue weighted by Gasteiger charge is -2.14. The molecule has 1 unspecified atom stereocenters. The topological polar surface area (TPSA) is 72.2 Å². The van der Waals surface area contributed by atoms with Crippen LogP contribution in [-0.4, -0.2) is 26.5 Å². The zero-order valence-corrected chi connectivity index (χ0v) is 11.9. The molecule has 1 atom stereocenters. The number of benzene rings is 1. The van der Waals surface area contributed by atoms with Crippen LogP contribution in [-0.2, 0) is 10.0 Å². The molecule has 0 saturated heterocycles. The number of rotatable bonds is 6. The molecule has 0 radical (unpaired) electrons. The summed E-state index contributed by atoms with van der Waals surface area (Å²) in [5, 5.41) is 0. The minimum absolute atomic E-state index is 0.0426. The average Bonchev–Trinajstić information content (AvgIpc) is 2.29. The summed E-state index contributed by atoms with van der Waals surface area (Å²) in [7, 11) is -3.77. The Morgan fingerprint density at radius 2 is 2.17 bits per heavy atom. The predicted molar refractivity (Wildman–Crippen MR) is 73.6 cm³/mol. The van der Waals surface area contributed by atoms with Crippen LogP contribution in [0.15, 0.2) is 23.1 Å². The largest absolute Gasteiger partial charge is 0.398 e. The average molecular weight is 292 g/mol. The fourth-order valence-corrected chi connectivity index (χ4v) is 3.43. The highest BCUT2D eigenvalue weighted by molar-refractivity contribution is 7.98. The summed E-state index contributed by atoms with van der Waals surface area (Å²) in [5.74, 6) is 0.226. The number of hydrogen-bond acceptors (Lipinski definition) is 4. The summed E-state index contributed by atoms with van der Waals surface area (Å²) in [4.78, 5) is -0.210. The van der Waals surface area contributed by atoms with Crippen molar-refractivity contribution in [1.29, 1.82) is 0 Å². The Kier molecular flexibility index (Phi) is 5.43. The number of anilines is 1. The fourth-order valence-electron chi connectivity index (χ4n) is 1.42. The Bertz CT molecular complexity index is 506. The monoisotopic (exact) mass is 292 g/mol. The number of thioether (sulfide) groups is 1. The number of halogens is 1. The smallest absolute Gasteiger partial charge is 0.242 e. The highest BCUT2D eigenvalue weighted by Gasteiger charge is 2.20. The highest BCUT2D eigenvalue weighted by Crippen LogP contribution is 2.19. The van der Waals surface area contributed by atoms with Gasteiger partial charge < -0.3 is 5.73 Å². The molecule has 18 heavy (non-hydrogen) atoms. The van der Waals surface area contributed by atoms with Gasteiger partial charge in [0, 0.05) is 6.04 Å². The quantitative estimate of drug-likeness (QED) is 0.785. The summed E-state index contributed by atoms with van der Waals surface area (Å²) in [6.07, 6.45) is 2.65. The van der Waals surface area contributed by atoms with Crippen molar-refractivity contribution in [2.24, 2.45) is 0 Å². The van der Waals surface area contributed by atoms with Crippen molar-refractivity contribution in [3.8, 4) is 0 Å². The lowest BCUT2D eigenvalue weighted by molar-refractivity contribution is 0.555. The van der Waals surface area contributed by atoms with Gasteiger partial charge in [-0.25, -0.2) is 17.5 Å². The van der Waals surface area contributed by atoms with Crippen LogP contribution in [0.25, 0.3) is 0 Å². The van der Waals surface area contributed by atoms with Crippen LogP contribution < -0.4 is 10.5 Å². The van der Waals surface area contributed by atoms with Crippen molar-refractivity contribution >= 4 is 27.5 Å². The normalized spacial score (nSPS) is 13.5. The third kappa shape index (κ3) is 4.15. The molecule has 0 saturated carbocycles. The Balaban J connectivity index is 2.89. The third-order valence-corrected chi connectivity index (χ3v) is 4.67. The van der Waals surface area contributed by atoms with Crippen LogP contribution >= 0.6 is 11.8 Å². The standard InChI is InChI=1S/C11H17FN2O2S2/c1-8(5-6-17-2)14-18(15,16)11-7-9(12)3-4-10(11)13/h3-4,7-8,14H,5-6,13H2,1-2H3. The van der Waals surface area contributed by atoms with Gasteiger partial charge in [-0.05, 0) is 43.6 Å². The molecule has 3 N–H and O–H groups in total. The van der Waals surface area contributed by atoms with E-state index in [-0.39, 0.29) is 16.6 Å². The van der Waals surface area contributed by atoms with Crippen LogP contribution in [0, 0.1) is 5.82 Å². The molecule has 1 rings (SSSR count). The van der Waals surface area contributed by atoms with Gasteiger partial charge >= 0.3 is 0 Å². The van der Waals surface area contributed by atoms with E-state index in [0.29, 0.717) is 6.42 Å². The molecule has 4 nitrogen and oxygen atoms in total. The molecule has 0 aliphatic heterocycles. The molecule has 1 aromatic carbocycles. The van der Waals surface area contributed by atoms with Gasteiger partial charge in [-0.2, -0.15) is 11.8 Å². The maximum atomic E-state index is 13.1. The summed E-state index contributed by atoms with van der Waals surface area (Å²) in [6.45, 7) is 1.77. The van der Waals surface area contributed by atoms with Gasteiger partial charge in [-0.3, -0.25) is 0 Å². The molecule has 0 amide bonds. The predicted octanol–water partition coefficient (Wildman–Crippen LogP) is 1.83. The first-order valence-electron chi connectivity index (χ1n) is 5.43. The number of nitrogens with two attached hydrogens (primary N) is 1. The van der Waals surface area contributed by atoms with Gasteiger partial charge in [-0.15, -0.1) is 0 Å². The first kappa shape index (κ1) is 15.3. The summed E-state index contributed by atoms with van der Waals surface area (Å²) in [5.41, 5.74) is 5.60. The second kappa shape index (κ2) is 6.40. The Hall–Kier alpha value is -0.790.